The Kier molecular flexibility index (Phi) is 4.58. The highest BCUT2D eigenvalue weighted by molar-refractivity contribution is 5.54. The number of hydrogen-bond donors (Lipinski definition) is 3. The Labute approximate surface area is 87.2 Å². The van der Waals surface area contributed by atoms with E-state index in [4.69, 9.17) is 20.4 Å². The molecule has 4 N–H and O–H groups in total. The Bertz CT molecular complexity index is 308. The minimum absolute atomic E-state index is 0.0649. The van der Waals surface area contributed by atoms with Crippen LogP contribution in [0.4, 0.5) is 5.82 Å². The molecular weight excluding hydrogens is 200 g/mol. The van der Waals surface area contributed by atoms with Gasteiger partial charge in [0.15, 0.2) is 5.82 Å². The van der Waals surface area contributed by atoms with Crippen LogP contribution in [-0.2, 0) is 0 Å². The first-order valence-corrected chi connectivity index (χ1v) is 4.42. The van der Waals surface area contributed by atoms with E-state index in [2.05, 4.69) is 15.4 Å². The topological polar surface area (TPSA) is 103 Å². The summed E-state index contributed by atoms with van der Waals surface area (Å²) >= 11 is 0. The van der Waals surface area contributed by atoms with Crippen LogP contribution in [0.5, 0.6) is 11.6 Å². The van der Waals surface area contributed by atoms with Crippen molar-refractivity contribution >= 4 is 5.82 Å². The molecule has 0 aliphatic carbocycles. The normalized spacial score (nSPS) is 9.80. The van der Waals surface area contributed by atoms with Crippen molar-refractivity contribution < 1.29 is 14.6 Å². The van der Waals surface area contributed by atoms with Gasteiger partial charge in [-0.25, -0.2) is 10.8 Å². The largest absolute Gasteiger partial charge is 0.489 e. The highest BCUT2D eigenvalue weighted by Crippen LogP contribution is 2.29. The molecule has 1 heterocycles. The number of methoxy groups -OCH3 is 1. The van der Waals surface area contributed by atoms with E-state index in [1.807, 2.05) is 0 Å². The first-order valence-electron chi connectivity index (χ1n) is 4.42. The van der Waals surface area contributed by atoms with Gasteiger partial charge in [0.25, 0.3) is 5.88 Å². The molecule has 7 nitrogen and oxygen atoms in total. The van der Waals surface area contributed by atoms with Crippen LogP contribution >= 0.6 is 0 Å². The summed E-state index contributed by atoms with van der Waals surface area (Å²) in [5.41, 5.74) is 2.37. The fourth-order valence-corrected chi connectivity index (χ4v) is 0.981. The molecule has 0 aliphatic heterocycles. The van der Waals surface area contributed by atoms with E-state index >= 15 is 0 Å². The standard InChI is InChI=1S/C8H14N4O3/c1-14-6-7(12-9)10-5-11-8(6)15-4-2-3-13/h5,13H,2-4,9H2,1H3,(H,10,11,12). The molecule has 1 aromatic rings. The van der Waals surface area contributed by atoms with Crippen LogP contribution < -0.4 is 20.7 Å². The first kappa shape index (κ1) is 11.5. The smallest absolute Gasteiger partial charge is 0.262 e. The van der Waals surface area contributed by atoms with E-state index in [1.165, 1.54) is 13.4 Å². The summed E-state index contributed by atoms with van der Waals surface area (Å²) in [5.74, 6) is 6.23. The third kappa shape index (κ3) is 2.93. The van der Waals surface area contributed by atoms with E-state index in [1.54, 1.807) is 0 Å². The summed E-state index contributed by atoms with van der Waals surface area (Å²) in [6.07, 6.45) is 1.84. The van der Waals surface area contributed by atoms with Gasteiger partial charge in [0.1, 0.15) is 6.33 Å². The summed E-state index contributed by atoms with van der Waals surface area (Å²) in [4.78, 5) is 7.75. The Morgan fingerprint density at radius 1 is 1.53 bits per heavy atom. The summed E-state index contributed by atoms with van der Waals surface area (Å²) in [7, 11) is 1.47. The monoisotopic (exact) mass is 214 g/mol. The molecule has 0 aromatic carbocycles. The molecule has 7 heteroatoms. The Morgan fingerprint density at radius 2 is 2.33 bits per heavy atom. The lowest BCUT2D eigenvalue weighted by atomic mass is 10.5. The van der Waals surface area contributed by atoms with Crippen LogP contribution in [0, 0.1) is 0 Å². The average molecular weight is 214 g/mol. The van der Waals surface area contributed by atoms with E-state index in [9.17, 15) is 0 Å². The lowest BCUT2D eigenvalue weighted by Gasteiger charge is -2.11. The van der Waals surface area contributed by atoms with Gasteiger partial charge in [0, 0.05) is 13.0 Å². The number of aromatic nitrogens is 2. The molecule has 0 aliphatic rings. The van der Waals surface area contributed by atoms with Gasteiger partial charge >= 0.3 is 0 Å². The van der Waals surface area contributed by atoms with Gasteiger partial charge in [-0.05, 0) is 0 Å². The molecule has 84 valence electrons. The van der Waals surface area contributed by atoms with Crippen LogP contribution in [0.2, 0.25) is 0 Å². The van der Waals surface area contributed by atoms with Gasteiger partial charge in [0.2, 0.25) is 5.75 Å². The molecule has 0 saturated carbocycles. The zero-order valence-corrected chi connectivity index (χ0v) is 8.43. The van der Waals surface area contributed by atoms with Crippen LogP contribution in [0.25, 0.3) is 0 Å². The predicted octanol–water partition coefficient (Wildman–Crippen LogP) is -0.468. The number of aliphatic hydroxyl groups excluding tert-OH is 1. The maximum absolute atomic E-state index is 8.60. The van der Waals surface area contributed by atoms with Crippen molar-refractivity contribution in [2.45, 2.75) is 6.42 Å². The van der Waals surface area contributed by atoms with Crippen molar-refractivity contribution in [2.75, 3.05) is 25.7 Å². The van der Waals surface area contributed by atoms with Crippen LogP contribution in [-0.4, -0.2) is 35.4 Å². The molecule has 0 radical (unpaired) electrons. The molecule has 0 atom stereocenters. The van der Waals surface area contributed by atoms with E-state index in [-0.39, 0.29) is 6.61 Å². The highest BCUT2D eigenvalue weighted by Gasteiger charge is 2.11. The fourth-order valence-electron chi connectivity index (χ4n) is 0.981. The molecular formula is C8H14N4O3. The molecule has 15 heavy (non-hydrogen) atoms. The third-order valence-corrected chi connectivity index (χ3v) is 1.65. The predicted molar refractivity (Wildman–Crippen MR) is 53.6 cm³/mol. The maximum Gasteiger partial charge on any atom is 0.262 e. The number of anilines is 1. The average Bonchev–Trinajstić information content (AvgIpc) is 2.29. The van der Waals surface area contributed by atoms with Crippen LogP contribution in [0.3, 0.4) is 0 Å². The van der Waals surface area contributed by atoms with E-state index in [0.29, 0.717) is 30.5 Å². The molecule has 0 amide bonds. The summed E-state index contributed by atoms with van der Waals surface area (Å²) in [5, 5.41) is 8.60. The number of aliphatic hydroxyl groups is 1. The highest BCUT2D eigenvalue weighted by atomic mass is 16.5. The van der Waals surface area contributed by atoms with Crippen molar-refractivity contribution in [2.24, 2.45) is 5.84 Å². The molecule has 0 bridgehead atoms. The van der Waals surface area contributed by atoms with Crippen molar-refractivity contribution in [3.63, 3.8) is 0 Å². The number of ether oxygens (including phenoxy) is 2. The van der Waals surface area contributed by atoms with Crippen LogP contribution in [0.15, 0.2) is 6.33 Å². The fraction of sp³-hybridized carbons (Fsp3) is 0.500. The SMILES string of the molecule is COc1c(NN)ncnc1OCCCO. The number of nitrogen functional groups attached to an aromatic ring is 1. The number of nitrogens with zero attached hydrogens (tertiary/aromatic N) is 2. The van der Waals surface area contributed by atoms with Crippen molar-refractivity contribution in [3.8, 4) is 11.6 Å². The third-order valence-electron chi connectivity index (χ3n) is 1.65. The van der Waals surface area contributed by atoms with Gasteiger partial charge in [0.05, 0.1) is 13.7 Å². The van der Waals surface area contributed by atoms with Crippen molar-refractivity contribution in [3.05, 3.63) is 6.33 Å². The summed E-state index contributed by atoms with van der Waals surface area (Å²) in [6, 6.07) is 0. The van der Waals surface area contributed by atoms with Gasteiger partial charge in [-0.15, -0.1) is 0 Å². The van der Waals surface area contributed by atoms with E-state index in [0.717, 1.165) is 0 Å². The van der Waals surface area contributed by atoms with Crippen LogP contribution in [0.1, 0.15) is 6.42 Å². The summed E-state index contributed by atoms with van der Waals surface area (Å²) < 4.78 is 10.3. The van der Waals surface area contributed by atoms with Gasteiger partial charge in [-0.3, -0.25) is 0 Å². The molecule has 0 unspecified atom stereocenters. The van der Waals surface area contributed by atoms with Crippen molar-refractivity contribution in [1.29, 1.82) is 0 Å². The second-order valence-corrected chi connectivity index (χ2v) is 2.63. The minimum atomic E-state index is 0.0649. The molecule has 1 aromatic heterocycles. The number of nitrogens with two attached hydrogens (primary N) is 1. The van der Waals surface area contributed by atoms with Gasteiger partial charge in [-0.1, -0.05) is 0 Å². The molecule has 1 rings (SSSR count). The zero-order valence-electron chi connectivity index (χ0n) is 8.43. The second kappa shape index (κ2) is 5.99. The zero-order chi connectivity index (χ0) is 11.1. The number of hydrazine groups is 1. The number of nitrogens with one attached hydrogen (secondary N) is 1. The number of rotatable bonds is 6. The lowest BCUT2D eigenvalue weighted by Crippen LogP contribution is -2.12. The maximum atomic E-state index is 8.60. The van der Waals surface area contributed by atoms with Gasteiger partial charge in [-0.2, -0.15) is 4.98 Å². The Balaban J connectivity index is 2.76. The van der Waals surface area contributed by atoms with Crippen molar-refractivity contribution in [1.82, 2.24) is 9.97 Å². The molecule has 0 spiro atoms. The van der Waals surface area contributed by atoms with E-state index < -0.39 is 0 Å². The summed E-state index contributed by atoms with van der Waals surface area (Å²) in [6.45, 7) is 0.420. The first-order chi connectivity index (χ1) is 7.33. The molecule has 0 saturated heterocycles. The Hall–Kier alpha value is -1.60. The second-order valence-electron chi connectivity index (χ2n) is 2.63. The number of hydrogen-bond acceptors (Lipinski definition) is 7. The lowest BCUT2D eigenvalue weighted by molar-refractivity contribution is 0.223. The molecule has 0 fully saturated rings. The Morgan fingerprint density at radius 3 is 2.93 bits per heavy atom. The van der Waals surface area contributed by atoms with Gasteiger partial charge < -0.3 is 20.0 Å². The quantitative estimate of drug-likeness (QED) is 0.334. The minimum Gasteiger partial charge on any atom is -0.489 e.